The summed E-state index contributed by atoms with van der Waals surface area (Å²) in [7, 11) is 0. The fraction of sp³-hybridized carbons (Fsp3) is 0.294. The van der Waals surface area contributed by atoms with Crippen LogP contribution in [0, 0.1) is 0 Å². The van der Waals surface area contributed by atoms with Gasteiger partial charge in [-0.05, 0) is 43.2 Å². The number of hydrogen-bond donors (Lipinski definition) is 1. The molecule has 98 valence electrons. The average Bonchev–Trinajstić information content (AvgIpc) is 2.79. The van der Waals surface area contributed by atoms with E-state index in [1.54, 1.807) is 0 Å². The summed E-state index contributed by atoms with van der Waals surface area (Å²) in [5.74, 6) is 0.950. The quantitative estimate of drug-likeness (QED) is 0.898. The monoisotopic (exact) mass is 253 g/mol. The molecule has 0 fully saturated rings. The van der Waals surface area contributed by atoms with E-state index in [1.807, 2.05) is 13.0 Å². The molecule has 0 saturated carbocycles. The number of benzene rings is 2. The fourth-order valence-corrected chi connectivity index (χ4v) is 2.84. The molecule has 19 heavy (non-hydrogen) atoms. The fourth-order valence-electron chi connectivity index (χ4n) is 2.84. The van der Waals surface area contributed by atoms with Crippen molar-refractivity contribution < 1.29 is 4.74 Å². The summed E-state index contributed by atoms with van der Waals surface area (Å²) >= 11 is 0. The van der Waals surface area contributed by atoms with Gasteiger partial charge in [-0.3, -0.25) is 0 Å². The number of nitrogens with one attached hydrogen (secondary N) is 1. The van der Waals surface area contributed by atoms with Gasteiger partial charge in [-0.15, -0.1) is 0 Å². The predicted molar refractivity (Wildman–Crippen MR) is 79.0 cm³/mol. The minimum atomic E-state index is 0.0176. The lowest BCUT2D eigenvalue weighted by atomic mass is 9.78. The Kier molecular flexibility index (Phi) is 2.94. The second-order valence-electron chi connectivity index (χ2n) is 5.19. The van der Waals surface area contributed by atoms with Crippen LogP contribution in [0.4, 0.5) is 5.69 Å². The topological polar surface area (TPSA) is 21.3 Å². The van der Waals surface area contributed by atoms with Crippen LogP contribution >= 0.6 is 0 Å². The van der Waals surface area contributed by atoms with Crippen molar-refractivity contribution >= 4 is 5.69 Å². The molecule has 0 bridgehead atoms. The summed E-state index contributed by atoms with van der Waals surface area (Å²) in [6.45, 7) is 5.94. The summed E-state index contributed by atoms with van der Waals surface area (Å²) in [5.41, 5.74) is 3.93. The third-order valence-corrected chi connectivity index (χ3v) is 3.94. The number of anilines is 1. The number of rotatable bonds is 3. The number of ether oxygens (including phenoxy) is 1. The Labute approximate surface area is 114 Å². The average molecular weight is 253 g/mol. The molecule has 2 aromatic rings. The summed E-state index contributed by atoms with van der Waals surface area (Å²) in [6.07, 6.45) is 0. The standard InChI is InChI=1S/C17H19NO/c1-3-19-14-8-6-7-13(11-14)17(2)12-18-16-10-5-4-9-15(16)17/h4-11,18H,3,12H2,1-2H3. The number of fused-ring (bicyclic) bond motifs is 1. The van der Waals surface area contributed by atoms with Crippen molar-refractivity contribution in [3.8, 4) is 5.75 Å². The van der Waals surface area contributed by atoms with Crippen molar-refractivity contribution in [1.82, 2.24) is 0 Å². The largest absolute Gasteiger partial charge is 0.494 e. The van der Waals surface area contributed by atoms with Crippen LogP contribution in [0.2, 0.25) is 0 Å². The van der Waals surface area contributed by atoms with E-state index in [1.165, 1.54) is 16.8 Å². The molecule has 1 aliphatic rings. The van der Waals surface area contributed by atoms with E-state index >= 15 is 0 Å². The summed E-state index contributed by atoms with van der Waals surface area (Å²) in [4.78, 5) is 0. The lowest BCUT2D eigenvalue weighted by Gasteiger charge is -2.25. The van der Waals surface area contributed by atoms with Gasteiger partial charge in [0.15, 0.2) is 0 Å². The molecular weight excluding hydrogens is 234 g/mol. The van der Waals surface area contributed by atoms with E-state index in [9.17, 15) is 0 Å². The van der Waals surface area contributed by atoms with Crippen LogP contribution in [0.25, 0.3) is 0 Å². The maximum absolute atomic E-state index is 5.62. The van der Waals surface area contributed by atoms with Crippen molar-refractivity contribution in [3.05, 3.63) is 59.7 Å². The molecule has 2 nitrogen and oxygen atoms in total. The van der Waals surface area contributed by atoms with Gasteiger partial charge in [0.05, 0.1) is 6.61 Å². The van der Waals surface area contributed by atoms with Gasteiger partial charge in [0.1, 0.15) is 5.75 Å². The van der Waals surface area contributed by atoms with E-state index in [4.69, 9.17) is 4.74 Å². The Balaban J connectivity index is 2.04. The van der Waals surface area contributed by atoms with Crippen LogP contribution in [-0.4, -0.2) is 13.2 Å². The van der Waals surface area contributed by atoms with Crippen molar-refractivity contribution in [2.75, 3.05) is 18.5 Å². The van der Waals surface area contributed by atoms with E-state index in [0.717, 1.165) is 12.3 Å². The predicted octanol–water partition coefficient (Wildman–Crippen LogP) is 3.82. The third-order valence-electron chi connectivity index (χ3n) is 3.94. The molecule has 3 rings (SSSR count). The van der Waals surface area contributed by atoms with E-state index in [0.29, 0.717) is 6.61 Å². The second-order valence-corrected chi connectivity index (χ2v) is 5.19. The van der Waals surface area contributed by atoms with Gasteiger partial charge in [0.25, 0.3) is 0 Å². The zero-order valence-electron chi connectivity index (χ0n) is 11.4. The van der Waals surface area contributed by atoms with Gasteiger partial charge in [-0.1, -0.05) is 30.3 Å². The second kappa shape index (κ2) is 4.61. The minimum absolute atomic E-state index is 0.0176. The lowest BCUT2D eigenvalue weighted by molar-refractivity contribution is 0.339. The zero-order chi connectivity index (χ0) is 13.3. The van der Waals surface area contributed by atoms with Crippen molar-refractivity contribution in [1.29, 1.82) is 0 Å². The molecule has 2 aromatic carbocycles. The first-order valence-corrected chi connectivity index (χ1v) is 6.81. The van der Waals surface area contributed by atoms with Gasteiger partial charge in [0.2, 0.25) is 0 Å². The molecule has 1 N–H and O–H groups in total. The molecule has 2 heteroatoms. The highest BCUT2D eigenvalue weighted by Gasteiger charge is 2.35. The minimum Gasteiger partial charge on any atom is -0.494 e. The van der Waals surface area contributed by atoms with Gasteiger partial charge in [-0.25, -0.2) is 0 Å². The Bertz CT molecular complexity index is 593. The highest BCUT2D eigenvalue weighted by atomic mass is 16.5. The molecule has 0 radical (unpaired) electrons. The van der Waals surface area contributed by atoms with Crippen LogP contribution in [-0.2, 0) is 5.41 Å². The van der Waals surface area contributed by atoms with Crippen LogP contribution in [0.3, 0.4) is 0 Å². The smallest absolute Gasteiger partial charge is 0.119 e. The van der Waals surface area contributed by atoms with Gasteiger partial charge in [-0.2, -0.15) is 0 Å². The molecular formula is C17H19NO. The van der Waals surface area contributed by atoms with Crippen molar-refractivity contribution in [2.24, 2.45) is 0 Å². The maximum Gasteiger partial charge on any atom is 0.119 e. The molecule has 1 atom stereocenters. The van der Waals surface area contributed by atoms with Crippen molar-refractivity contribution in [3.63, 3.8) is 0 Å². The first kappa shape index (κ1) is 12.1. The first-order valence-electron chi connectivity index (χ1n) is 6.81. The Morgan fingerprint density at radius 1 is 1.16 bits per heavy atom. The zero-order valence-corrected chi connectivity index (χ0v) is 11.4. The van der Waals surface area contributed by atoms with Crippen LogP contribution in [0.15, 0.2) is 48.5 Å². The van der Waals surface area contributed by atoms with E-state index in [2.05, 4.69) is 54.7 Å². The van der Waals surface area contributed by atoms with Gasteiger partial charge >= 0.3 is 0 Å². The van der Waals surface area contributed by atoms with E-state index in [-0.39, 0.29) is 5.41 Å². The van der Waals surface area contributed by atoms with E-state index < -0.39 is 0 Å². The Morgan fingerprint density at radius 3 is 2.84 bits per heavy atom. The molecule has 1 unspecified atom stereocenters. The highest BCUT2D eigenvalue weighted by molar-refractivity contribution is 5.64. The summed E-state index contributed by atoms with van der Waals surface area (Å²) in [5, 5.41) is 3.50. The lowest BCUT2D eigenvalue weighted by Crippen LogP contribution is -2.25. The highest BCUT2D eigenvalue weighted by Crippen LogP contribution is 2.42. The molecule has 0 saturated heterocycles. The van der Waals surface area contributed by atoms with Crippen LogP contribution in [0.1, 0.15) is 25.0 Å². The first-order chi connectivity index (χ1) is 9.24. The third kappa shape index (κ3) is 1.97. The van der Waals surface area contributed by atoms with Crippen LogP contribution < -0.4 is 10.1 Å². The molecule has 1 aliphatic heterocycles. The summed E-state index contributed by atoms with van der Waals surface area (Å²) in [6, 6.07) is 17.0. The number of para-hydroxylation sites is 1. The Morgan fingerprint density at radius 2 is 2.00 bits per heavy atom. The van der Waals surface area contributed by atoms with Gasteiger partial charge in [0, 0.05) is 17.6 Å². The van der Waals surface area contributed by atoms with Crippen LogP contribution in [0.5, 0.6) is 5.75 Å². The molecule has 1 heterocycles. The van der Waals surface area contributed by atoms with Crippen molar-refractivity contribution in [2.45, 2.75) is 19.3 Å². The summed E-state index contributed by atoms with van der Waals surface area (Å²) < 4.78 is 5.62. The van der Waals surface area contributed by atoms with Gasteiger partial charge < -0.3 is 10.1 Å². The number of hydrogen-bond acceptors (Lipinski definition) is 2. The normalized spacial score (nSPS) is 20.7. The SMILES string of the molecule is CCOc1cccc(C2(C)CNc3ccccc32)c1. The Hall–Kier alpha value is -1.96. The molecule has 0 amide bonds. The molecule has 0 aliphatic carbocycles. The maximum atomic E-state index is 5.62. The molecule has 0 aromatic heterocycles. The molecule has 0 spiro atoms.